The molecule has 0 fully saturated rings. The zero-order chi connectivity index (χ0) is 48.2. The second kappa shape index (κ2) is 13.5. The maximum atomic E-state index is 6.65. The van der Waals surface area contributed by atoms with Gasteiger partial charge in [0.2, 0.25) is 0 Å². The quantitative estimate of drug-likeness (QED) is 0.179. The summed E-state index contributed by atoms with van der Waals surface area (Å²) >= 11 is 0. The van der Waals surface area contributed by atoms with Gasteiger partial charge in [0, 0.05) is 60.5 Å². The van der Waals surface area contributed by atoms with Crippen molar-refractivity contribution >= 4 is 73.3 Å². The van der Waals surface area contributed by atoms with Crippen molar-refractivity contribution in [3.63, 3.8) is 0 Å². The second-order valence-electron chi connectivity index (χ2n) is 24.9. The minimum absolute atomic E-state index is 0.0649. The zero-order valence-corrected chi connectivity index (χ0v) is 42.7. The van der Waals surface area contributed by atoms with E-state index in [-0.39, 0.29) is 27.1 Å². The average Bonchev–Trinajstić information content (AvgIpc) is 3.99. The molecule has 1 N–H and O–H groups in total. The Kier molecular flexibility index (Phi) is 8.15. The van der Waals surface area contributed by atoms with E-state index in [1.807, 2.05) is 0 Å². The van der Waals surface area contributed by atoms with E-state index in [1.165, 1.54) is 124 Å². The third-order valence-corrected chi connectivity index (χ3v) is 18.0. The third-order valence-electron chi connectivity index (χ3n) is 18.0. The molecule has 2 aromatic heterocycles. The summed E-state index contributed by atoms with van der Waals surface area (Å²) in [6.45, 7) is 26.4. The Bertz CT molecular complexity index is 3970. The smallest absolute Gasteiger partial charge is 0.198 e. The van der Waals surface area contributed by atoms with Gasteiger partial charge in [-0.2, -0.15) is 0 Å². The molecule has 3 aliphatic carbocycles. The van der Waals surface area contributed by atoms with Crippen LogP contribution in [-0.2, 0) is 27.1 Å². The molecule has 14 rings (SSSR count). The molecule has 0 radical (unpaired) electrons. The number of benzene rings is 8. The molecule has 1 aliphatic heterocycles. The van der Waals surface area contributed by atoms with Crippen LogP contribution < -0.4 is 16.2 Å². The Morgan fingerprint density at radius 2 is 1.16 bits per heavy atom. The van der Waals surface area contributed by atoms with E-state index in [2.05, 4.69) is 220 Å². The number of nitrogens with one attached hydrogen (secondary N) is 1. The van der Waals surface area contributed by atoms with Crippen molar-refractivity contribution in [1.82, 2.24) is 4.57 Å². The molecular weight excluding hydrogens is 848 g/mol. The summed E-state index contributed by atoms with van der Waals surface area (Å²) in [5.74, 6) is 0. The van der Waals surface area contributed by atoms with Crippen LogP contribution in [-0.4, -0.2) is 11.8 Å². The highest BCUT2D eigenvalue weighted by molar-refractivity contribution is 6.73. The fourth-order valence-corrected chi connectivity index (χ4v) is 13.8. The van der Waals surface area contributed by atoms with Crippen LogP contribution in [0.5, 0.6) is 0 Å². The van der Waals surface area contributed by atoms with Gasteiger partial charge in [0.15, 0.2) is 7.28 Å². The molecule has 0 saturated carbocycles. The van der Waals surface area contributed by atoms with Gasteiger partial charge in [-0.05, 0) is 162 Å². The zero-order valence-electron chi connectivity index (χ0n) is 42.7. The molecule has 3 heterocycles. The third kappa shape index (κ3) is 5.59. The van der Waals surface area contributed by atoms with E-state index in [0.717, 1.165) is 40.6 Å². The summed E-state index contributed by atoms with van der Waals surface area (Å²) < 4.78 is 9.27. The lowest BCUT2D eigenvalue weighted by Gasteiger charge is -2.42. The SMILES string of the molecule is CC(C)(C)c1ccc(Nc2cc3c(cc2-c2ccc4c5cc6c(cc5n5c4c2Bc2cc4oc7ccccc7c4cc2-5)-c2ccccc2C6(C)C)-c2cc4c(cc2C3(C)C)C(C)(C)CCC4(C)C)cc1. The Balaban J connectivity index is 1.06. The van der Waals surface area contributed by atoms with Crippen molar-refractivity contribution in [2.75, 3.05) is 5.32 Å². The van der Waals surface area contributed by atoms with Crippen molar-refractivity contribution in [3.05, 3.63) is 172 Å². The first-order valence-corrected chi connectivity index (χ1v) is 25.7. The van der Waals surface area contributed by atoms with Crippen LogP contribution in [0.3, 0.4) is 0 Å². The maximum absolute atomic E-state index is 6.65. The molecule has 0 bridgehead atoms. The maximum Gasteiger partial charge on any atom is 0.198 e. The Hall–Kier alpha value is -6.78. The normalized spacial score (nSPS) is 17.2. The van der Waals surface area contributed by atoms with Gasteiger partial charge >= 0.3 is 0 Å². The van der Waals surface area contributed by atoms with Crippen molar-refractivity contribution in [2.24, 2.45) is 0 Å². The highest BCUT2D eigenvalue weighted by Crippen LogP contribution is 2.57. The van der Waals surface area contributed by atoms with E-state index in [4.69, 9.17) is 4.42 Å². The van der Waals surface area contributed by atoms with E-state index in [9.17, 15) is 0 Å². The van der Waals surface area contributed by atoms with Gasteiger partial charge in [-0.1, -0.05) is 154 Å². The van der Waals surface area contributed by atoms with Gasteiger partial charge in [-0.15, -0.1) is 0 Å². The summed E-state index contributed by atoms with van der Waals surface area (Å²) in [5, 5.41) is 9.01. The fourth-order valence-electron chi connectivity index (χ4n) is 13.8. The molecule has 8 aromatic carbocycles. The van der Waals surface area contributed by atoms with Gasteiger partial charge in [0.1, 0.15) is 11.2 Å². The second-order valence-corrected chi connectivity index (χ2v) is 24.9. The monoisotopic (exact) mass is 908 g/mol. The van der Waals surface area contributed by atoms with Gasteiger partial charge in [0.25, 0.3) is 0 Å². The van der Waals surface area contributed by atoms with Crippen LogP contribution in [0.1, 0.15) is 128 Å². The molecule has 10 aromatic rings. The summed E-state index contributed by atoms with van der Waals surface area (Å²) in [6.07, 6.45) is 2.39. The molecule has 0 saturated heterocycles. The van der Waals surface area contributed by atoms with E-state index >= 15 is 0 Å². The largest absolute Gasteiger partial charge is 0.456 e. The van der Waals surface area contributed by atoms with Gasteiger partial charge in [-0.3, -0.25) is 0 Å². The molecule has 0 spiro atoms. The molecule has 0 unspecified atom stereocenters. The molecule has 4 aliphatic rings. The number of fused-ring (bicyclic) bond motifs is 15. The Labute approximate surface area is 413 Å². The summed E-state index contributed by atoms with van der Waals surface area (Å²) in [7, 11) is 0.787. The number of hydrogen-bond acceptors (Lipinski definition) is 2. The standard InChI is InChI=1S/C66H61BN2O/c1-62(2,3)36-20-22-37(23-21-36)68-55-34-51-42(43-29-52-53(33-50(43)66(51,10)11)64(6,7)27-26-63(52,4)5)28-45(55)40-24-25-41-46-30-49-44(38-16-12-14-18-48(38)65(49,8)9)31-56(46)69-57-32-47-39-17-13-15-19-58(39)70-59(47)35-54(57)67-60(40)61(41)69/h12-25,28-35,67-68H,26-27H2,1-11H3. The molecule has 0 atom stereocenters. The lowest BCUT2D eigenvalue weighted by atomic mass is 9.59. The lowest BCUT2D eigenvalue weighted by Crippen LogP contribution is -2.37. The molecular formula is C66H61BN2O. The minimum Gasteiger partial charge on any atom is -0.456 e. The highest BCUT2D eigenvalue weighted by Gasteiger charge is 2.44. The molecule has 4 heteroatoms. The van der Waals surface area contributed by atoms with Crippen LogP contribution in [0, 0.1) is 0 Å². The van der Waals surface area contributed by atoms with Crippen molar-refractivity contribution in [1.29, 1.82) is 0 Å². The van der Waals surface area contributed by atoms with Crippen LogP contribution >= 0.6 is 0 Å². The van der Waals surface area contributed by atoms with Gasteiger partial charge in [-0.25, -0.2) is 0 Å². The molecule has 70 heavy (non-hydrogen) atoms. The van der Waals surface area contributed by atoms with Crippen LogP contribution in [0.4, 0.5) is 11.4 Å². The number of furan rings is 1. The molecule has 3 nitrogen and oxygen atoms in total. The van der Waals surface area contributed by atoms with E-state index < -0.39 is 0 Å². The predicted molar refractivity (Wildman–Crippen MR) is 299 cm³/mol. The van der Waals surface area contributed by atoms with Crippen molar-refractivity contribution < 1.29 is 4.42 Å². The van der Waals surface area contributed by atoms with Crippen LogP contribution in [0.15, 0.2) is 138 Å². The number of para-hydroxylation sites is 1. The predicted octanol–water partition coefficient (Wildman–Crippen LogP) is 16.1. The first-order valence-electron chi connectivity index (χ1n) is 25.7. The van der Waals surface area contributed by atoms with Crippen molar-refractivity contribution in [3.8, 4) is 39.1 Å². The van der Waals surface area contributed by atoms with Gasteiger partial charge in [0.05, 0.1) is 5.52 Å². The van der Waals surface area contributed by atoms with Crippen LogP contribution in [0.25, 0.3) is 82.8 Å². The average molecular weight is 909 g/mol. The minimum atomic E-state index is -0.184. The summed E-state index contributed by atoms with van der Waals surface area (Å²) in [4.78, 5) is 0. The first kappa shape index (κ1) is 42.1. The fraction of sp³-hybridized carbons (Fsp3) is 0.273. The van der Waals surface area contributed by atoms with Gasteiger partial charge < -0.3 is 14.3 Å². The summed E-state index contributed by atoms with van der Waals surface area (Å²) in [5.41, 5.74) is 28.5. The van der Waals surface area contributed by atoms with E-state index in [1.54, 1.807) is 0 Å². The van der Waals surface area contributed by atoms with Crippen molar-refractivity contribution in [2.45, 2.75) is 116 Å². The summed E-state index contributed by atoms with van der Waals surface area (Å²) in [6, 6.07) is 51.7. The molecule has 0 amide bonds. The number of anilines is 2. The Morgan fingerprint density at radius 1 is 0.500 bits per heavy atom. The number of rotatable bonds is 3. The van der Waals surface area contributed by atoms with Crippen LogP contribution in [0.2, 0.25) is 0 Å². The Morgan fingerprint density at radius 3 is 1.93 bits per heavy atom. The number of hydrogen-bond donors (Lipinski definition) is 1. The molecule has 344 valence electrons. The van der Waals surface area contributed by atoms with E-state index in [0.29, 0.717) is 0 Å². The number of aromatic nitrogens is 1. The topological polar surface area (TPSA) is 30.1 Å². The first-order chi connectivity index (χ1) is 33.3. The lowest BCUT2D eigenvalue weighted by molar-refractivity contribution is 0.331. The highest BCUT2D eigenvalue weighted by atomic mass is 16.3. The number of nitrogens with zero attached hydrogens (tertiary/aromatic N) is 1.